The molecule has 0 saturated heterocycles. The number of benzene rings is 2. The van der Waals surface area contributed by atoms with Gasteiger partial charge in [0.05, 0.1) is 6.61 Å². The third-order valence-corrected chi connectivity index (χ3v) is 4.48. The highest BCUT2D eigenvalue weighted by molar-refractivity contribution is 5.85. The van der Waals surface area contributed by atoms with Gasteiger partial charge in [-0.05, 0) is 35.6 Å². The minimum absolute atomic E-state index is 0. The van der Waals surface area contributed by atoms with Gasteiger partial charge >= 0.3 is 0 Å². The maximum atomic E-state index is 5.78. The second-order valence-corrected chi connectivity index (χ2v) is 6.16. The van der Waals surface area contributed by atoms with Crippen LogP contribution >= 0.6 is 12.4 Å². The van der Waals surface area contributed by atoms with Crippen LogP contribution in [0.3, 0.4) is 0 Å². The molecule has 3 rings (SSSR count). The molecule has 0 spiro atoms. The number of nitrogens with two attached hydrogens (primary N) is 1. The molecule has 2 aromatic carbocycles. The lowest BCUT2D eigenvalue weighted by molar-refractivity contribution is 0.288. The zero-order valence-electron chi connectivity index (χ0n) is 14.1. The lowest BCUT2D eigenvalue weighted by atomic mass is 10.1. The molecule has 0 radical (unpaired) electrons. The van der Waals surface area contributed by atoms with E-state index in [1.807, 2.05) is 0 Å². The molecule has 0 amide bonds. The van der Waals surface area contributed by atoms with Crippen molar-refractivity contribution in [2.75, 3.05) is 32.8 Å². The molecule has 24 heavy (non-hydrogen) atoms. The molecule has 4 heteroatoms. The summed E-state index contributed by atoms with van der Waals surface area (Å²) in [4.78, 5) is 2.47. The molecule has 0 aromatic heterocycles. The lowest BCUT2D eigenvalue weighted by Gasteiger charge is -2.21. The van der Waals surface area contributed by atoms with Crippen molar-refractivity contribution in [3.05, 3.63) is 65.2 Å². The van der Waals surface area contributed by atoms with Crippen molar-refractivity contribution in [2.24, 2.45) is 5.73 Å². The van der Waals surface area contributed by atoms with E-state index in [0.29, 0.717) is 6.54 Å². The van der Waals surface area contributed by atoms with E-state index >= 15 is 0 Å². The summed E-state index contributed by atoms with van der Waals surface area (Å²) < 4.78 is 5.58. The second kappa shape index (κ2) is 9.67. The first kappa shape index (κ1) is 18.8. The number of hydrogen-bond acceptors (Lipinski definition) is 3. The van der Waals surface area contributed by atoms with E-state index in [-0.39, 0.29) is 12.4 Å². The zero-order valence-corrected chi connectivity index (χ0v) is 14.9. The first-order valence-electron chi connectivity index (χ1n) is 8.56. The topological polar surface area (TPSA) is 38.5 Å². The Morgan fingerprint density at radius 1 is 0.917 bits per heavy atom. The fourth-order valence-electron chi connectivity index (χ4n) is 3.13. The van der Waals surface area contributed by atoms with E-state index in [1.165, 1.54) is 16.7 Å². The number of fused-ring (bicyclic) bond motifs is 1. The highest BCUT2D eigenvalue weighted by atomic mass is 35.5. The van der Waals surface area contributed by atoms with Gasteiger partial charge in [-0.15, -0.1) is 12.4 Å². The van der Waals surface area contributed by atoms with Crippen LogP contribution in [0, 0.1) is 0 Å². The molecule has 1 heterocycles. The van der Waals surface area contributed by atoms with E-state index < -0.39 is 0 Å². The van der Waals surface area contributed by atoms with E-state index in [1.54, 1.807) is 0 Å². The van der Waals surface area contributed by atoms with Crippen LogP contribution in [-0.2, 0) is 19.3 Å². The van der Waals surface area contributed by atoms with E-state index in [4.69, 9.17) is 10.5 Å². The summed E-state index contributed by atoms with van der Waals surface area (Å²) in [6.07, 6.45) is 3.20. The largest absolute Gasteiger partial charge is 0.493 e. The molecule has 0 fully saturated rings. The molecule has 3 nitrogen and oxygen atoms in total. The second-order valence-electron chi connectivity index (χ2n) is 6.16. The fourth-order valence-corrected chi connectivity index (χ4v) is 3.13. The van der Waals surface area contributed by atoms with Crippen molar-refractivity contribution < 1.29 is 4.74 Å². The molecular weight excluding hydrogens is 320 g/mol. The Morgan fingerprint density at radius 3 is 2.42 bits per heavy atom. The minimum atomic E-state index is 0. The Morgan fingerprint density at radius 2 is 1.67 bits per heavy atom. The minimum Gasteiger partial charge on any atom is -0.493 e. The van der Waals surface area contributed by atoms with Crippen LogP contribution in [-0.4, -0.2) is 37.7 Å². The summed E-state index contributed by atoms with van der Waals surface area (Å²) >= 11 is 0. The van der Waals surface area contributed by atoms with Crippen LogP contribution in [0.4, 0.5) is 0 Å². The predicted octanol–water partition coefficient (Wildman–Crippen LogP) is 3.09. The molecule has 130 valence electrons. The average molecular weight is 347 g/mol. The monoisotopic (exact) mass is 346 g/mol. The first-order valence-corrected chi connectivity index (χ1v) is 8.56. The number of ether oxygens (including phenoxy) is 1. The maximum Gasteiger partial charge on any atom is 0.122 e. The Bertz CT molecular complexity index is 618. The van der Waals surface area contributed by atoms with Gasteiger partial charge in [-0.25, -0.2) is 0 Å². The summed E-state index contributed by atoms with van der Waals surface area (Å²) in [7, 11) is 0. The summed E-state index contributed by atoms with van der Waals surface area (Å²) in [6.45, 7) is 4.63. The van der Waals surface area contributed by atoms with Crippen molar-refractivity contribution in [3.8, 4) is 5.75 Å². The van der Waals surface area contributed by atoms with Gasteiger partial charge in [0.2, 0.25) is 0 Å². The Kier molecular flexibility index (Phi) is 7.57. The normalized spacial score (nSPS) is 12.6. The standard InChI is InChI=1S/C20H26N2O.ClH/c21-11-14-22(12-8-17-4-2-1-3-5-17)13-9-18-6-7-20-19(16-18)10-15-23-20;/h1-7,16H,8-15,21H2;1H. The average Bonchev–Trinajstić information content (AvgIpc) is 3.06. The van der Waals surface area contributed by atoms with Crippen molar-refractivity contribution in [2.45, 2.75) is 19.3 Å². The van der Waals surface area contributed by atoms with E-state index in [2.05, 4.69) is 53.4 Å². The summed E-state index contributed by atoms with van der Waals surface area (Å²) in [5.41, 5.74) is 9.93. The van der Waals surface area contributed by atoms with Gasteiger partial charge < -0.3 is 15.4 Å². The van der Waals surface area contributed by atoms with Crippen LogP contribution in [0.5, 0.6) is 5.75 Å². The Hall–Kier alpha value is -1.55. The quantitative estimate of drug-likeness (QED) is 0.798. The molecule has 0 saturated carbocycles. The maximum absolute atomic E-state index is 5.78. The van der Waals surface area contributed by atoms with Gasteiger partial charge in [0, 0.05) is 32.6 Å². The van der Waals surface area contributed by atoms with Crippen LogP contribution in [0.25, 0.3) is 0 Å². The highest BCUT2D eigenvalue weighted by Crippen LogP contribution is 2.26. The van der Waals surface area contributed by atoms with Gasteiger partial charge in [-0.3, -0.25) is 0 Å². The van der Waals surface area contributed by atoms with Crippen molar-refractivity contribution in [3.63, 3.8) is 0 Å². The summed E-state index contributed by atoms with van der Waals surface area (Å²) in [6, 6.07) is 17.3. The highest BCUT2D eigenvalue weighted by Gasteiger charge is 2.12. The summed E-state index contributed by atoms with van der Waals surface area (Å²) in [5.74, 6) is 1.07. The molecule has 0 aliphatic carbocycles. The van der Waals surface area contributed by atoms with E-state index in [0.717, 1.165) is 51.3 Å². The van der Waals surface area contributed by atoms with E-state index in [9.17, 15) is 0 Å². The molecule has 0 unspecified atom stereocenters. The van der Waals surface area contributed by atoms with Gasteiger partial charge in [0.25, 0.3) is 0 Å². The molecule has 2 aromatic rings. The third-order valence-electron chi connectivity index (χ3n) is 4.48. The number of rotatable bonds is 8. The van der Waals surface area contributed by atoms with Crippen LogP contribution in [0.1, 0.15) is 16.7 Å². The fraction of sp³-hybridized carbons (Fsp3) is 0.400. The van der Waals surface area contributed by atoms with Gasteiger partial charge in [0.15, 0.2) is 0 Å². The van der Waals surface area contributed by atoms with Gasteiger partial charge in [-0.1, -0.05) is 42.5 Å². The van der Waals surface area contributed by atoms with Crippen LogP contribution in [0.15, 0.2) is 48.5 Å². The SMILES string of the molecule is Cl.NCCN(CCc1ccccc1)CCc1ccc2c(c1)CCO2. The van der Waals surface area contributed by atoms with Gasteiger partial charge in [-0.2, -0.15) is 0 Å². The summed E-state index contributed by atoms with van der Waals surface area (Å²) in [5, 5.41) is 0. The number of nitrogens with zero attached hydrogens (tertiary/aromatic N) is 1. The molecule has 1 aliphatic heterocycles. The smallest absolute Gasteiger partial charge is 0.122 e. The Labute approximate surface area is 151 Å². The molecule has 1 aliphatic rings. The molecule has 0 bridgehead atoms. The van der Waals surface area contributed by atoms with Crippen molar-refractivity contribution in [1.82, 2.24) is 4.90 Å². The molecule has 0 atom stereocenters. The first-order chi connectivity index (χ1) is 11.3. The van der Waals surface area contributed by atoms with Crippen molar-refractivity contribution >= 4 is 12.4 Å². The van der Waals surface area contributed by atoms with Gasteiger partial charge in [0.1, 0.15) is 5.75 Å². The Balaban J connectivity index is 0.00000208. The zero-order chi connectivity index (χ0) is 15.9. The van der Waals surface area contributed by atoms with Crippen molar-refractivity contribution in [1.29, 1.82) is 0 Å². The molecular formula is C20H27ClN2O. The van der Waals surface area contributed by atoms with Crippen LogP contribution in [0.2, 0.25) is 0 Å². The molecule has 2 N–H and O–H groups in total. The number of halogens is 1. The third kappa shape index (κ3) is 5.23. The predicted molar refractivity (Wildman–Crippen MR) is 102 cm³/mol. The number of hydrogen-bond donors (Lipinski definition) is 1. The lowest BCUT2D eigenvalue weighted by Crippen LogP contribution is -2.33. The van der Waals surface area contributed by atoms with Crippen LogP contribution < -0.4 is 10.5 Å².